The van der Waals surface area contributed by atoms with Crippen LogP contribution in [0.15, 0.2) is 35.2 Å². The zero-order valence-corrected chi connectivity index (χ0v) is 11.9. The molecule has 0 aliphatic heterocycles. The molecule has 4 nitrogen and oxygen atoms in total. The third kappa shape index (κ3) is 6.29. The lowest BCUT2D eigenvalue weighted by atomic mass is 10.0. The molecule has 0 radical (unpaired) electrons. The largest absolute Gasteiger partial charge is 0.480 e. The van der Waals surface area contributed by atoms with E-state index >= 15 is 0 Å². The van der Waals surface area contributed by atoms with Crippen LogP contribution in [0.5, 0.6) is 0 Å². The van der Waals surface area contributed by atoms with E-state index in [0.717, 1.165) is 4.90 Å². The molecule has 1 atom stereocenters. The molecular formula is C14H19NO3S. The quantitative estimate of drug-likeness (QED) is 0.753. The Labute approximate surface area is 117 Å². The Morgan fingerprint density at radius 1 is 1.26 bits per heavy atom. The third-order valence-electron chi connectivity index (χ3n) is 2.45. The number of nitrogens with one attached hydrogen (secondary N) is 1. The van der Waals surface area contributed by atoms with E-state index < -0.39 is 12.0 Å². The highest BCUT2D eigenvalue weighted by atomic mass is 32.2. The van der Waals surface area contributed by atoms with E-state index in [-0.39, 0.29) is 17.6 Å². The summed E-state index contributed by atoms with van der Waals surface area (Å²) in [7, 11) is 0. The number of aliphatic carboxylic acids is 1. The Bertz CT molecular complexity index is 420. The fraction of sp³-hybridized carbons (Fsp3) is 0.429. The van der Waals surface area contributed by atoms with Gasteiger partial charge in [0, 0.05) is 4.90 Å². The average Bonchev–Trinajstić information content (AvgIpc) is 2.36. The molecule has 0 heterocycles. The molecule has 0 spiro atoms. The molecule has 1 amide bonds. The molecule has 0 aliphatic carbocycles. The SMILES string of the molecule is CC(C)C[C@H](NC(=O)CSc1ccccc1)C(=O)O. The third-order valence-corrected chi connectivity index (χ3v) is 3.47. The van der Waals surface area contributed by atoms with Crippen molar-refractivity contribution in [3.63, 3.8) is 0 Å². The summed E-state index contributed by atoms with van der Waals surface area (Å²) in [5, 5.41) is 11.6. The van der Waals surface area contributed by atoms with Crippen LogP contribution >= 0.6 is 11.8 Å². The Morgan fingerprint density at radius 3 is 2.42 bits per heavy atom. The van der Waals surface area contributed by atoms with Gasteiger partial charge in [-0.2, -0.15) is 0 Å². The molecule has 1 aromatic rings. The summed E-state index contributed by atoms with van der Waals surface area (Å²) in [6.45, 7) is 3.86. The summed E-state index contributed by atoms with van der Waals surface area (Å²) in [4.78, 5) is 23.7. The molecule has 0 aromatic heterocycles. The number of carbonyl (C=O) groups is 2. The van der Waals surface area contributed by atoms with Gasteiger partial charge in [0.1, 0.15) is 6.04 Å². The van der Waals surface area contributed by atoms with Gasteiger partial charge in [-0.05, 0) is 24.5 Å². The fourth-order valence-corrected chi connectivity index (χ4v) is 2.33. The number of hydrogen-bond acceptors (Lipinski definition) is 3. The Kier molecular flexibility index (Phi) is 6.42. The predicted octanol–water partition coefficient (Wildman–Crippen LogP) is 2.39. The number of benzene rings is 1. The van der Waals surface area contributed by atoms with Crippen molar-refractivity contribution in [2.75, 3.05) is 5.75 Å². The van der Waals surface area contributed by atoms with E-state index in [4.69, 9.17) is 5.11 Å². The van der Waals surface area contributed by atoms with Crippen LogP contribution in [-0.4, -0.2) is 28.8 Å². The second-order valence-corrected chi connectivity index (χ2v) is 5.74. The van der Waals surface area contributed by atoms with E-state index in [1.165, 1.54) is 11.8 Å². The van der Waals surface area contributed by atoms with Gasteiger partial charge >= 0.3 is 5.97 Å². The van der Waals surface area contributed by atoms with Gasteiger partial charge in [0.15, 0.2) is 0 Å². The van der Waals surface area contributed by atoms with Crippen molar-refractivity contribution in [3.8, 4) is 0 Å². The van der Waals surface area contributed by atoms with Gasteiger partial charge in [-0.1, -0.05) is 32.0 Å². The highest BCUT2D eigenvalue weighted by Gasteiger charge is 2.20. The smallest absolute Gasteiger partial charge is 0.326 e. The van der Waals surface area contributed by atoms with Gasteiger partial charge in [0.2, 0.25) is 5.91 Å². The Hall–Kier alpha value is -1.49. The monoisotopic (exact) mass is 281 g/mol. The van der Waals surface area contributed by atoms with Crippen molar-refractivity contribution in [1.82, 2.24) is 5.32 Å². The minimum absolute atomic E-state index is 0.225. The van der Waals surface area contributed by atoms with Crippen molar-refractivity contribution >= 4 is 23.6 Å². The van der Waals surface area contributed by atoms with Crippen LogP contribution in [0.25, 0.3) is 0 Å². The first-order valence-electron chi connectivity index (χ1n) is 6.19. The number of carboxylic acids is 1. The molecular weight excluding hydrogens is 262 g/mol. The molecule has 104 valence electrons. The number of carbonyl (C=O) groups excluding carboxylic acids is 1. The standard InChI is InChI=1S/C14H19NO3S/c1-10(2)8-12(14(17)18)15-13(16)9-19-11-6-4-3-5-7-11/h3-7,10,12H,8-9H2,1-2H3,(H,15,16)(H,17,18)/t12-/m0/s1. The van der Waals surface area contributed by atoms with Crippen molar-refractivity contribution in [2.45, 2.75) is 31.2 Å². The number of amides is 1. The Morgan fingerprint density at radius 2 is 1.89 bits per heavy atom. The molecule has 0 saturated heterocycles. The maximum atomic E-state index is 11.7. The Balaban J connectivity index is 2.42. The van der Waals surface area contributed by atoms with Crippen LogP contribution in [0.3, 0.4) is 0 Å². The summed E-state index contributed by atoms with van der Waals surface area (Å²) in [6.07, 6.45) is 0.442. The van der Waals surface area contributed by atoms with Crippen LogP contribution in [0, 0.1) is 5.92 Å². The van der Waals surface area contributed by atoms with E-state index in [0.29, 0.717) is 6.42 Å². The lowest BCUT2D eigenvalue weighted by Gasteiger charge is -2.16. The minimum Gasteiger partial charge on any atom is -0.480 e. The van der Waals surface area contributed by atoms with Gasteiger partial charge in [0.05, 0.1) is 5.75 Å². The topological polar surface area (TPSA) is 66.4 Å². The zero-order chi connectivity index (χ0) is 14.3. The highest BCUT2D eigenvalue weighted by Crippen LogP contribution is 2.16. The number of rotatable bonds is 7. The lowest BCUT2D eigenvalue weighted by Crippen LogP contribution is -2.42. The molecule has 2 N–H and O–H groups in total. The predicted molar refractivity (Wildman–Crippen MR) is 76.2 cm³/mol. The molecule has 0 fully saturated rings. The maximum Gasteiger partial charge on any atom is 0.326 e. The van der Waals surface area contributed by atoms with E-state index in [2.05, 4.69) is 5.32 Å². The van der Waals surface area contributed by atoms with Crippen LogP contribution in [0.4, 0.5) is 0 Å². The zero-order valence-electron chi connectivity index (χ0n) is 11.1. The van der Waals surface area contributed by atoms with Crippen LogP contribution < -0.4 is 5.32 Å². The van der Waals surface area contributed by atoms with Gasteiger partial charge in [-0.15, -0.1) is 11.8 Å². The number of hydrogen-bond donors (Lipinski definition) is 2. The van der Waals surface area contributed by atoms with Gasteiger partial charge in [-0.25, -0.2) is 4.79 Å². The normalized spacial score (nSPS) is 12.2. The summed E-state index contributed by atoms with van der Waals surface area (Å²) in [6, 6.07) is 8.75. The van der Waals surface area contributed by atoms with E-state index in [9.17, 15) is 9.59 Å². The first-order chi connectivity index (χ1) is 8.99. The van der Waals surface area contributed by atoms with Gasteiger partial charge in [-0.3, -0.25) is 4.79 Å². The van der Waals surface area contributed by atoms with Gasteiger partial charge in [0.25, 0.3) is 0 Å². The molecule has 1 rings (SSSR count). The maximum absolute atomic E-state index is 11.7. The number of carboxylic acid groups (broad SMARTS) is 1. The summed E-state index contributed by atoms with van der Waals surface area (Å²) in [5.41, 5.74) is 0. The van der Waals surface area contributed by atoms with Crippen LogP contribution in [0.1, 0.15) is 20.3 Å². The van der Waals surface area contributed by atoms with Crippen molar-refractivity contribution in [2.24, 2.45) is 5.92 Å². The summed E-state index contributed by atoms with van der Waals surface area (Å²) < 4.78 is 0. The van der Waals surface area contributed by atoms with Crippen molar-refractivity contribution in [1.29, 1.82) is 0 Å². The first-order valence-corrected chi connectivity index (χ1v) is 7.17. The summed E-state index contributed by atoms with van der Waals surface area (Å²) in [5.74, 6) is -0.775. The number of thioether (sulfide) groups is 1. The molecule has 19 heavy (non-hydrogen) atoms. The minimum atomic E-state index is -0.980. The lowest BCUT2D eigenvalue weighted by molar-refractivity contribution is -0.141. The van der Waals surface area contributed by atoms with E-state index in [1.807, 2.05) is 44.2 Å². The van der Waals surface area contributed by atoms with Crippen LogP contribution in [0.2, 0.25) is 0 Å². The first kappa shape index (κ1) is 15.6. The molecule has 0 bridgehead atoms. The van der Waals surface area contributed by atoms with Crippen molar-refractivity contribution in [3.05, 3.63) is 30.3 Å². The van der Waals surface area contributed by atoms with Gasteiger partial charge < -0.3 is 10.4 Å². The average molecular weight is 281 g/mol. The molecule has 1 aromatic carbocycles. The molecule has 5 heteroatoms. The van der Waals surface area contributed by atoms with Crippen LogP contribution in [-0.2, 0) is 9.59 Å². The second-order valence-electron chi connectivity index (χ2n) is 4.69. The highest BCUT2D eigenvalue weighted by molar-refractivity contribution is 8.00. The second kappa shape index (κ2) is 7.84. The fourth-order valence-electron chi connectivity index (χ4n) is 1.59. The molecule has 0 unspecified atom stereocenters. The summed E-state index contributed by atoms with van der Waals surface area (Å²) >= 11 is 1.40. The van der Waals surface area contributed by atoms with E-state index in [1.54, 1.807) is 0 Å². The molecule has 0 saturated carbocycles. The van der Waals surface area contributed by atoms with Crippen molar-refractivity contribution < 1.29 is 14.7 Å². The molecule has 0 aliphatic rings.